The molecule has 0 saturated heterocycles. The zero-order valence-electron chi connectivity index (χ0n) is 8.16. The summed E-state index contributed by atoms with van der Waals surface area (Å²) in [5.41, 5.74) is -3.28. The molecule has 1 aromatic heterocycles. The van der Waals surface area contributed by atoms with E-state index < -0.39 is 42.0 Å². The summed E-state index contributed by atoms with van der Waals surface area (Å²) in [5.74, 6) is -4.28. The van der Waals surface area contributed by atoms with E-state index >= 15 is 0 Å². The van der Waals surface area contributed by atoms with Crippen LogP contribution < -0.4 is 4.74 Å². The van der Waals surface area contributed by atoms with Crippen LogP contribution in [0.2, 0.25) is 0 Å². The molecule has 0 unspecified atom stereocenters. The van der Waals surface area contributed by atoms with Crippen molar-refractivity contribution in [3.8, 4) is 5.75 Å². The molecule has 1 heterocycles. The van der Waals surface area contributed by atoms with Crippen LogP contribution in [0, 0.1) is 5.82 Å². The topological polar surface area (TPSA) is 22.1 Å². The highest BCUT2D eigenvalue weighted by Crippen LogP contribution is 2.37. The molecule has 18 heavy (non-hydrogen) atoms. The van der Waals surface area contributed by atoms with Crippen LogP contribution in [0.5, 0.6) is 5.75 Å². The van der Waals surface area contributed by atoms with Crippen LogP contribution in [-0.4, -0.2) is 11.3 Å². The fourth-order valence-electron chi connectivity index (χ4n) is 1.03. The van der Waals surface area contributed by atoms with E-state index in [1.54, 1.807) is 0 Å². The summed E-state index contributed by atoms with van der Waals surface area (Å²) >= 11 is 0. The zero-order valence-corrected chi connectivity index (χ0v) is 8.16. The standard InChI is InChI=1S/C8H3F8NO/c9-1-3-2-17-6(7(11,12)13)4(10)5(3)18-8(14,15)16/h2H,1H2. The van der Waals surface area contributed by atoms with Crippen molar-refractivity contribution in [2.75, 3.05) is 0 Å². The molecule has 0 atom stereocenters. The first-order chi connectivity index (χ1) is 8.06. The monoisotopic (exact) mass is 281 g/mol. The van der Waals surface area contributed by atoms with E-state index in [2.05, 4.69) is 9.72 Å². The molecule has 0 bridgehead atoms. The third kappa shape index (κ3) is 3.20. The van der Waals surface area contributed by atoms with Crippen molar-refractivity contribution in [2.45, 2.75) is 19.2 Å². The van der Waals surface area contributed by atoms with Gasteiger partial charge in [0, 0.05) is 11.8 Å². The fourth-order valence-corrected chi connectivity index (χ4v) is 1.03. The molecule has 0 amide bonds. The number of alkyl halides is 7. The molecule has 1 rings (SSSR count). The van der Waals surface area contributed by atoms with Crippen LogP contribution in [0.15, 0.2) is 6.20 Å². The number of halogens is 8. The van der Waals surface area contributed by atoms with Gasteiger partial charge < -0.3 is 4.74 Å². The van der Waals surface area contributed by atoms with Gasteiger partial charge in [0.25, 0.3) is 0 Å². The van der Waals surface area contributed by atoms with Gasteiger partial charge in [-0.1, -0.05) is 0 Å². The lowest BCUT2D eigenvalue weighted by Crippen LogP contribution is -2.21. The number of rotatable bonds is 2. The van der Waals surface area contributed by atoms with E-state index in [0.717, 1.165) is 0 Å². The van der Waals surface area contributed by atoms with Gasteiger partial charge in [-0.15, -0.1) is 13.2 Å². The predicted molar refractivity (Wildman–Crippen MR) is 40.7 cm³/mol. The number of hydrogen-bond acceptors (Lipinski definition) is 2. The summed E-state index contributed by atoms with van der Waals surface area (Å²) in [7, 11) is 0. The second kappa shape index (κ2) is 4.58. The number of pyridine rings is 1. The van der Waals surface area contributed by atoms with Gasteiger partial charge in [0.15, 0.2) is 17.3 Å². The first kappa shape index (κ1) is 14.5. The van der Waals surface area contributed by atoms with Gasteiger partial charge in [-0.05, 0) is 0 Å². The average Bonchev–Trinajstić information content (AvgIpc) is 2.17. The highest BCUT2D eigenvalue weighted by Gasteiger charge is 2.41. The number of hydrogen-bond donors (Lipinski definition) is 0. The van der Waals surface area contributed by atoms with Crippen molar-refractivity contribution >= 4 is 0 Å². The molecular weight excluding hydrogens is 278 g/mol. The van der Waals surface area contributed by atoms with Gasteiger partial charge in [0.05, 0.1) is 0 Å². The molecule has 0 aliphatic carbocycles. The molecule has 0 radical (unpaired) electrons. The first-order valence-corrected chi connectivity index (χ1v) is 4.12. The van der Waals surface area contributed by atoms with Crippen LogP contribution in [-0.2, 0) is 12.9 Å². The maximum Gasteiger partial charge on any atom is 0.573 e. The summed E-state index contributed by atoms with van der Waals surface area (Å²) in [6.45, 7) is -1.66. The maximum absolute atomic E-state index is 13.2. The maximum atomic E-state index is 13.2. The third-order valence-corrected chi connectivity index (χ3v) is 1.68. The average molecular weight is 281 g/mol. The largest absolute Gasteiger partial charge is 0.573 e. The van der Waals surface area contributed by atoms with E-state index in [1.807, 2.05) is 0 Å². The fraction of sp³-hybridized carbons (Fsp3) is 0.375. The van der Waals surface area contributed by atoms with Crippen molar-refractivity contribution in [1.82, 2.24) is 4.98 Å². The summed E-state index contributed by atoms with van der Waals surface area (Å²) in [5, 5.41) is 0. The van der Waals surface area contributed by atoms with Gasteiger partial charge >= 0.3 is 12.5 Å². The molecule has 0 aliphatic rings. The minimum Gasteiger partial charge on any atom is -0.402 e. The smallest absolute Gasteiger partial charge is 0.402 e. The molecule has 102 valence electrons. The Morgan fingerprint density at radius 1 is 1.11 bits per heavy atom. The lowest BCUT2D eigenvalue weighted by atomic mass is 10.2. The van der Waals surface area contributed by atoms with Gasteiger partial charge in [-0.25, -0.2) is 13.8 Å². The van der Waals surface area contributed by atoms with E-state index in [9.17, 15) is 35.1 Å². The first-order valence-electron chi connectivity index (χ1n) is 4.12. The highest BCUT2D eigenvalue weighted by atomic mass is 19.4. The summed E-state index contributed by atoms with van der Waals surface area (Å²) in [6, 6.07) is 0. The van der Waals surface area contributed by atoms with E-state index in [4.69, 9.17) is 0 Å². The third-order valence-electron chi connectivity index (χ3n) is 1.68. The lowest BCUT2D eigenvalue weighted by molar-refractivity contribution is -0.276. The van der Waals surface area contributed by atoms with Crippen molar-refractivity contribution in [3.63, 3.8) is 0 Å². The van der Waals surface area contributed by atoms with Crippen LogP contribution in [0.1, 0.15) is 11.3 Å². The van der Waals surface area contributed by atoms with E-state index in [1.165, 1.54) is 0 Å². The number of aromatic nitrogens is 1. The van der Waals surface area contributed by atoms with Gasteiger partial charge in [0.1, 0.15) is 6.67 Å². The SMILES string of the molecule is FCc1cnc(C(F)(F)F)c(F)c1OC(F)(F)F. The molecule has 0 fully saturated rings. The summed E-state index contributed by atoms with van der Waals surface area (Å²) < 4.78 is 100. The Balaban J connectivity index is 3.37. The van der Waals surface area contributed by atoms with Crippen LogP contribution in [0.3, 0.4) is 0 Å². The van der Waals surface area contributed by atoms with Crippen LogP contribution >= 0.6 is 0 Å². The van der Waals surface area contributed by atoms with Gasteiger partial charge in [0.2, 0.25) is 0 Å². The molecule has 0 saturated carbocycles. The summed E-state index contributed by atoms with van der Waals surface area (Å²) in [6.07, 6.45) is -10.6. The number of nitrogens with zero attached hydrogens (tertiary/aromatic N) is 1. The second-order valence-electron chi connectivity index (χ2n) is 2.95. The second-order valence-corrected chi connectivity index (χ2v) is 2.95. The Hall–Kier alpha value is -1.61. The summed E-state index contributed by atoms with van der Waals surface area (Å²) in [4.78, 5) is 2.52. The molecule has 10 heteroatoms. The highest BCUT2D eigenvalue weighted by molar-refractivity contribution is 5.36. The zero-order chi connectivity index (χ0) is 14.1. The molecule has 0 aliphatic heterocycles. The van der Waals surface area contributed by atoms with Crippen LogP contribution in [0.25, 0.3) is 0 Å². The molecule has 0 N–H and O–H groups in total. The molecule has 2 nitrogen and oxygen atoms in total. The Morgan fingerprint density at radius 2 is 1.67 bits per heavy atom. The normalized spacial score (nSPS) is 12.7. The molecule has 1 aromatic rings. The predicted octanol–water partition coefficient (Wildman–Crippen LogP) is 3.61. The Morgan fingerprint density at radius 3 is 2.06 bits per heavy atom. The lowest BCUT2D eigenvalue weighted by Gasteiger charge is -2.15. The minimum atomic E-state index is -5.45. The quantitative estimate of drug-likeness (QED) is 0.772. The Bertz CT molecular complexity index is 438. The van der Waals surface area contributed by atoms with E-state index in [-0.39, 0.29) is 6.20 Å². The van der Waals surface area contributed by atoms with Crippen LogP contribution in [0.4, 0.5) is 35.1 Å². The van der Waals surface area contributed by atoms with Crippen molar-refractivity contribution < 1.29 is 39.9 Å². The molecule has 0 aromatic carbocycles. The van der Waals surface area contributed by atoms with E-state index in [0.29, 0.717) is 0 Å². The van der Waals surface area contributed by atoms with Gasteiger partial charge in [-0.2, -0.15) is 13.2 Å². The van der Waals surface area contributed by atoms with Crippen molar-refractivity contribution in [1.29, 1.82) is 0 Å². The number of ether oxygens (including phenoxy) is 1. The Labute approximate surface area is 94.2 Å². The minimum absolute atomic E-state index is 0.132. The Kier molecular flexibility index (Phi) is 3.67. The van der Waals surface area contributed by atoms with Crippen molar-refractivity contribution in [2.24, 2.45) is 0 Å². The molecule has 0 spiro atoms. The van der Waals surface area contributed by atoms with Crippen molar-refractivity contribution in [3.05, 3.63) is 23.3 Å². The van der Waals surface area contributed by atoms with Gasteiger partial charge in [-0.3, -0.25) is 0 Å². The molecular formula is C8H3F8NO.